The molecule has 3 aromatic rings. The Hall–Kier alpha value is -3.15. The molecule has 0 spiro atoms. The summed E-state index contributed by atoms with van der Waals surface area (Å²) < 4.78 is 3.25. The number of carbonyl (C=O) groups is 1. The van der Waals surface area contributed by atoms with Crippen molar-refractivity contribution in [1.82, 2.24) is 19.7 Å². The number of nitrogens with one attached hydrogen (secondary N) is 1. The molecule has 2 aromatic heterocycles. The Labute approximate surface area is 176 Å². The van der Waals surface area contributed by atoms with E-state index in [1.54, 1.807) is 10.9 Å². The number of rotatable bonds is 6. The van der Waals surface area contributed by atoms with Gasteiger partial charge in [-0.2, -0.15) is 5.10 Å². The number of benzene rings is 1. The van der Waals surface area contributed by atoms with Crippen molar-refractivity contribution in [3.63, 3.8) is 0 Å². The fraction of sp³-hybridized carbons (Fsp3) is 0.375. The first-order valence-corrected chi connectivity index (χ1v) is 10.6. The van der Waals surface area contributed by atoms with Gasteiger partial charge in [-0.15, -0.1) is 0 Å². The predicted molar refractivity (Wildman–Crippen MR) is 119 cm³/mol. The van der Waals surface area contributed by atoms with E-state index in [-0.39, 0.29) is 18.0 Å². The molecule has 30 heavy (non-hydrogen) atoms. The number of hydrogen-bond donors (Lipinski definition) is 1. The van der Waals surface area contributed by atoms with Crippen molar-refractivity contribution in [3.05, 3.63) is 69.8 Å². The number of aromatic nitrogens is 3. The summed E-state index contributed by atoms with van der Waals surface area (Å²) in [5.41, 5.74) is 4.73. The topological polar surface area (TPSA) is 68.9 Å². The van der Waals surface area contributed by atoms with Gasteiger partial charge in [-0.3, -0.25) is 9.59 Å². The second-order valence-electron chi connectivity index (χ2n) is 8.05. The summed E-state index contributed by atoms with van der Waals surface area (Å²) in [4.78, 5) is 25.4. The standard InChI is InChI=1S/C24H28N4O2/c1-17-8-10-20(11-9-17)28-21-13-15-27(24(30)23(21)18(2)26-28)16-22(29)25-14-12-19-6-4-3-5-7-19/h6,8-11,13,15H,3-5,7,12,14,16H2,1-2H3,(H,25,29). The molecule has 1 aliphatic rings. The molecule has 0 saturated heterocycles. The predicted octanol–water partition coefficient (Wildman–Crippen LogP) is 3.81. The smallest absolute Gasteiger partial charge is 0.262 e. The van der Waals surface area contributed by atoms with Crippen LogP contribution in [0.25, 0.3) is 16.6 Å². The molecule has 0 atom stereocenters. The molecule has 0 radical (unpaired) electrons. The van der Waals surface area contributed by atoms with Crippen molar-refractivity contribution in [2.24, 2.45) is 0 Å². The molecule has 6 nitrogen and oxygen atoms in total. The molecule has 0 bridgehead atoms. The monoisotopic (exact) mass is 404 g/mol. The van der Waals surface area contributed by atoms with E-state index < -0.39 is 0 Å². The molecule has 1 aromatic carbocycles. The maximum absolute atomic E-state index is 13.0. The van der Waals surface area contributed by atoms with E-state index in [9.17, 15) is 9.59 Å². The minimum Gasteiger partial charge on any atom is -0.354 e. The number of fused-ring (bicyclic) bond motifs is 1. The lowest BCUT2D eigenvalue weighted by molar-refractivity contribution is -0.121. The lowest BCUT2D eigenvalue weighted by atomic mass is 9.97. The number of hydrogen-bond acceptors (Lipinski definition) is 3. The minimum absolute atomic E-state index is 0.0168. The first-order valence-electron chi connectivity index (χ1n) is 10.6. The summed E-state index contributed by atoms with van der Waals surface area (Å²) in [5, 5.41) is 8.07. The summed E-state index contributed by atoms with van der Waals surface area (Å²) in [6.07, 6.45) is 9.65. The Morgan fingerprint density at radius 3 is 2.67 bits per heavy atom. The molecule has 0 unspecified atom stereocenters. The van der Waals surface area contributed by atoms with E-state index in [1.807, 2.05) is 44.2 Å². The third kappa shape index (κ3) is 4.22. The van der Waals surface area contributed by atoms with E-state index >= 15 is 0 Å². The largest absolute Gasteiger partial charge is 0.354 e. The van der Waals surface area contributed by atoms with Gasteiger partial charge in [-0.1, -0.05) is 29.3 Å². The van der Waals surface area contributed by atoms with Gasteiger partial charge in [0, 0.05) is 12.7 Å². The summed E-state index contributed by atoms with van der Waals surface area (Å²) in [5.74, 6) is -0.142. The maximum atomic E-state index is 13.0. The zero-order valence-corrected chi connectivity index (χ0v) is 17.6. The highest BCUT2D eigenvalue weighted by atomic mass is 16.2. The van der Waals surface area contributed by atoms with E-state index in [0.29, 0.717) is 17.6 Å². The quantitative estimate of drug-likeness (QED) is 0.635. The van der Waals surface area contributed by atoms with Crippen LogP contribution in [0.3, 0.4) is 0 Å². The summed E-state index contributed by atoms with van der Waals surface area (Å²) in [6.45, 7) is 4.50. The average Bonchev–Trinajstić information content (AvgIpc) is 3.08. The number of aryl methyl sites for hydroxylation is 2. The van der Waals surface area contributed by atoms with Crippen LogP contribution in [-0.4, -0.2) is 26.8 Å². The normalized spacial score (nSPS) is 14.0. The van der Waals surface area contributed by atoms with Crippen molar-refractivity contribution in [3.8, 4) is 5.69 Å². The third-order valence-electron chi connectivity index (χ3n) is 5.73. The lowest BCUT2D eigenvalue weighted by Gasteiger charge is -2.13. The highest BCUT2D eigenvalue weighted by molar-refractivity contribution is 5.83. The summed E-state index contributed by atoms with van der Waals surface area (Å²) >= 11 is 0. The van der Waals surface area contributed by atoms with E-state index in [4.69, 9.17) is 0 Å². The van der Waals surface area contributed by atoms with Gasteiger partial charge in [0.2, 0.25) is 5.91 Å². The van der Waals surface area contributed by atoms with E-state index in [2.05, 4.69) is 16.5 Å². The molecule has 156 valence electrons. The van der Waals surface area contributed by atoms with Gasteiger partial charge in [-0.25, -0.2) is 4.68 Å². The molecular weight excluding hydrogens is 376 g/mol. The average molecular weight is 405 g/mol. The van der Waals surface area contributed by atoms with Crippen LogP contribution in [0, 0.1) is 13.8 Å². The highest BCUT2D eigenvalue weighted by Crippen LogP contribution is 2.20. The van der Waals surface area contributed by atoms with Crippen molar-refractivity contribution in [2.75, 3.05) is 6.54 Å². The minimum atomic E-state index is -0.187. The Kier molecular flexibility index (Phi) is 5.84. The number of allylic oxidation sites excluding steroid dienone is 1. The SMILES string of the molecule is Cc1ccc(-n2nc(C)c3c(=O)n(CC(=O)NCCC4=CCCCC4)ccc32)cc1. The van der Waals surface area contributed by atoms with Gasteiger partial charge in [0.1, 0.15) is 6.54 Å². The molecule has 0 saturated carbocycles. The van der Waals surface area contributed by atoms with Gasteiger partial charge in [0.25, 0.3) is 5.56 Å². The first kappa shape index (κ1) is 20.1. The van der Waals surface area contributed by atoms with Crippen LogP contribution in [0.15, 0.2) is 53.0 Å². The summed E-state index contributed by atoms with van der Waals surface area (Å²) in [7, 11) is 0. The molecule has 6 heteroatoms. The number of amides is 1. The molecule has 4 rings (SSSR count). The van der Waals surface area contributed by atoms with E-state index in [1.165, 1.54) is 28.5 Å². The number of pyridine rings is 1. The van der Waals surface area contributed by atoms with Gasteiger partial charge in [-0.05, 0) is 64.2 Å². The summed E-state index contributed by atoms with van der Waals surface area (Å²) in [6, 6.07) is 9.88. The second kappa shape index (κ2) is 8.69. The fourth-order valence-corrected chi connectivity index (χ4v) is 4.05. The molecule has 1 N–H and O–H groups in total. The van der Waals surface area contributed by atoms with Gasteiger partial charge in [0.15, 0.2) is 0 Å². The van der Waals surface area contributed by atoms with Crippen molar-refractivity contribution >= 4 is 16.8 Å². The van der Waals surface area contributed by atoms with Crippen LogP contribution < -0.4 is 10.9 Å². The third-order valence-corrected chi connectivity index (χ3v) is 5.73. The molecule has 2 heterocycles. The molecule has 0 fully saturated rings. The molecule has 0 aliphatic heterocycles. The number of carbonyl (C=O) groups excluding carboxylic acids is 1. The fourth-order valence-electron chi connectivity index (χ4n) is 4.05. The Morgan fingerprint density at radius 1 is 1.13 bits per heavy atom. The van der Waals surface area contributed by atoms with Crippen LogP contribution in [0.1, 0.15) is 43.4 Å². The lowest BCUT2D eigenvalue weighted by Crippen LogP contribution is -2.32. The first-order chi connectivity index (χ1) is 14.5. The number of nitrogens with zero attached hydrogens (tertiary/aromatic N) is 3. The Morgan fingerprint density at radius 2 is 1.93 bits per heavy atom. The van der Waals surface area contributed by atoms with Gasteiger partial charge >= 0.3 is 0 Å². The Bertz CT molecular complexity index is 1150. The zero-order chi connectivity index (χ0) is 21.1. The van der Waals surface area contributed by atoms with Crippen LogP contribution >= 0.6 is 0 Å². The maximum Gasteiger partial charge on any atom is 0.262 e. The molecular formula is C24H28N4O2. The van der Waals surface area contributed by atoms with Crippen LogP contribution in [0.5, 0.6) is 0 Å². The van der Waals surface area contributed by atoms with Crippen LogP contribution in [0.2, 0.25) is 0 Å². The van der Waals surface area contributed by atoms with E-state index in [0.717, 1.165) is 30.5 Å². The van der Waals surface area contributed by atoms with Crippen molar-refractivity contribution in [2.45, 2.75) is 52.5 Å². The van der Waals surface area contributed by atoms with Crippen molar-refractivity contribution in [1.29, 1.82) is 0 Å². The highest BCUT2D eigenvalue weighted by Gasteiger charge is 2.15. The van der Waals surface area contributed by atoms with Crippen molar-refractivity contribution < 1.29 is 4.79 Å². The zero-order valence-electron chi connectivity index (χ0n) is 17.6. The van der Waals surface area contributed by atoms with Crippen LogP contribution in [0.4, 0.5) is 0 Å². The van der Waals surface area contributed by atoms with Gasteiger partial charge in [0.05, 0.1) is 22.3 Å². The molecule has 1 amide bonds. The van der Waals surface area contributed by atoms with Crippen LogP contribution in [-0.2, 0) is 11.3 Å². The Balaban J connectivity index is 1.50. The molecule has 1 aliphatic carbocycles. The second-order valence-corrected chi connectivity index (χ2v) is 8.05. The van der Waals surface area contributed by atoms with Gasteiger partial charge < -0.3 is 9.88 Å².